The molecular weight excluding hydrogens is 1460 g/mol. The molecule has 616 valence electrons. The van der Waals surface area contributed by atoms with Gasteiger partial charge in [-0.2, -0.15) is 0 Å². The number of nitrogens with zero attached hydrogens (tertiary/aromatic N) is 3. The number of unbranched alkanes of at least 4 members (excludes halogenated alkanes) is 1. The van der Waals surface area contributed by atoms with E-state index in [9.17, 15) is 72.9 Å². The van der Waals surface area contributed by atoms with Crippen LogP contribution in [0.2, 0.25) is 0 Å². The van der Waals surface area contributed by atoms with Crippen LogP contribution in [0.5, 0.6) is 0 Å². The van der Waals surface area contributed by atoms with E-state index in [0.717, 1.165) is 21.6 Å². The number of amides is 12. The lowest BCUT2D eigenvalue weighted by Gasteiger charge is -2.36. The van der Waals surface area contributed by atoms with Gasteiger partial charge < -0.3 is 89.2 Å². The molecule has 0 aromatic rings. The molecule has 4 fully saturated rings. The van der Waals surface area contributed by atoms with Crippen molar-refractivity contribution in [3.05, 3.63) is 0 Å². The highest BCUT2D eigenvalue weighted by Crippen LogP contribution is 2.44. The minimum Gasteiger partial charge on any atom is -0.481 e. The van der Waals surface area contributed by atoms with E-state index in [4.69, 9.17) is 21.6 Å². The second kappa shape index (κ2) is 45.7. The van der Waals surface area contributed by atoms with E-state index in [0.29, 0.717) is 64.8 Å². The zero-order valence-electron chi connectivity index (χ0n) is 65.4. The molecule has 0 aromatic heterocycles. The number of Topliss-reactive ketones (excluding diaryl/α,β-unsaturated/α-hetero) is 2. The van der Waals surface area contributed by atoms with Crippen molar-refractivity contribution in [2.24, 2.45) is 46.5 Å². The summed E-state index contributed by atoms with van der Waals surface area (Å²) in [6.07, 6.45) is 1.63. The smallest absolute Gasteiger partial charge is 0.305 e. The number of nitrogens with one attached hydrogen (secondary N) is 10. The summed E-state index contributed by atoms with van der Waals surface area (Å²) in [5.74, 6) is -16.7. The van der Waals surface area contributed by atoms with Gasteiger partial charge in [-0.3, -0.25) is 82.2 Å². The van der Waals surface area contributed by atoms with Gasteiger partial charge in [-0.1, -0.05) is 110 Å². The molecule has 34 nitrogen and oxygen atoms in total. The number of carboxylic acids is 1. The summed E-state index contributed by atoms with van der Waals surface area (Å²) >= 11 is 0. The molecule has 0 spiro atoms. The Morgan fingerprint density at radius 2 is 1.30 bits per heavy atom. The van der Waals surface area contributed by atoms with Crippen molar-refractivity contribution < 1.29 is 92.0 Å². The molecule has 36 heteroatoms. The van der Waals surface area contributed by atoms with Gasteiger partial charge in [0.15, 0.2) is 0 Å². The second-order valence-electron chi connectivity index (χ2n) is 31.0. The van der Waals surface area contributed by atoms with Gasteiger partial charge in [-0.05, 0) is 94.8 Å². The molecular formula is C73H123N15O19S2. The first kappa shape index (κ1) is 93.8. The number of hydrogen-bond donors (Lipinski definition) is 15. The van der Waals surface area contributed by atoms with Crippen LogP contribution >= 0.6 is 21.6 Å². The van der Waals surface area contributed by atoms with E-state index in [2.05, 4.69) is 47.9 Å². The van der Waals surface area contributed by atoms with E-state index >= 15 is 14.4 Å². The number of aliphatic hydroxyl groups is 2. The lowest BCUT2D eigenvalue weighted by atomic mass is 9.78. The number of hydrogen-bond acceptors (Lipinski definition) is 22. The monoisotopic (exact) mass is 1580 g/mol. The number of amidine groups is 1. The van der Waals surface area contributed by atoms with Crippen LogP contribution in [-0.2, 0) is 76.7 Å². The predicted molar refractivity (Wildman–Crippen MR) is 408 cm³/mol. The lowest BCUT2D eigenvalue weighted by molar-refractivity contribution is -0.145. The zero-order valence-corrected chi connectivity index (χ0v) is 67.0. The van der Waals surface area contributed by atoms with Gasteiger partial charge in [-0.15, -0.1) is 0 Å². The quantitative estimate of drug-likeness (QED) is 0.0219. The predicted octanol–water partition coefficient (Wildman–Crippen LogP) is -0.195. The molecule has 0 bridgehead atoms. The molecule has 0 unspecified atom stereocenters. The molecule has 4 aliphatic heterocycles. The maximum absolute atomic E-state index is 15.6. The van der Waals surface area contributed by atoms with Crippen molar-refractivity contribution in [2.45, 2.75) is 257 Å². The van der Waals surface area contributed by atoms with Crippen molar-refractivity contribution in [3.63, 3.8) is 0 Å². The molecule has 0 aliphatic carbocycles. The van der Waals surface area contributed by atoms with Crippen LogP contribution < -0.4 is 59.3 Å². The fourth-order valence-electron chi connectivity index (χ4n) is 13.5. The lowest BCUT2D eigenvalue weighted by Crippen LogP contribution is -2.61. The average Bonchev–Trinajstić information content (AvgIpc) is 1.80. The number of carbonyl (C=O) groups is 15. The Labute approximate surface area is 647 Å². The fourth-order valence-corrected chi connectivity index (χ4v) is 16.4. The molecule has 15 atom stereocenters. The van der Waals surface area contributed by atoms with Gasteiger partial charge in [0.1, 0.15) is 72.0 Å². The molecule has 4 aliphatic rings. The van der Waals surface area contributed by atoms with Crippen LogP contribution in [-0.4, -0.2) is 261 Å². The first-order chi connectivity index (χ1) is 51.3. The van der Waals surface area contributed by atoms with Crippen molar-refractivity contribution in [2.75, 3.05) is 71.4 Å². The van der Waals surface area contributed by atoms with Crippen LogP contribution in [0.1, 0.15) is 192 Å². The van der Waals surface area contributed by atoms with Crippen LogP contribution in [0.25, 0.3) is 0 Å². The number of rotatable bonds is 27. The van der Waals surface area contributed by atoms with Gasteiger partial charge in [-0.25, -0.2) is 0 Å². The first-order valence-corrected chi connectivity index (χ1v) is 40.6. The van der Waals surface area contributed by atoms with Crippen LogP contribution in [0.15, 0.2) is 0 Å². The number of fused-ring (bicyclic) bond motifs is 1. The third-order valence-corrected chi connectivity index (χ3v) is 24.1. The van der Waals surface area contributed by atoms with E-state index in [-0.39, 0.29) is 102 Å². The highest BCUT2D eigenvalue weighted by molar-refractivity contribution is 8.77. The summed E-state index contributed by atoms with van der Waals surface area (Å²) in [4.78, 5) is 217. The molecule has 4 heterocycles. The van der Waals surface area contributed by atoms with Crippen molar-refractivity contribution in [1.82, 2.24) is 62.6 Å². The number of carbonyl (C=O) groups excluding carboxylic acids is 14. The van der Waals surface area contributed by atoms with Gasteiger partial charge >= 0.3 is 5.97 Å². The van der Waals surface area contributed by atoms with Crippen molar-refractivity contribution in [1.29, 1.82) is 5.41 Å². The largest absolute Gasteiger partial charge is 0.481 e. The number of aliphatic hydroxyl groups excluding tert-OH is 2. The van der Waals surface area contributed by atoms with Gasteiger partial charge in [0.2, 0.25) is 70.9 Å². The maximum atomic E-state index is 15.6. The Morgan fingerprint density at radius 1 is 0.706 bits per heavy atom. The van der Waals surface area contributed by atoms with Crippen LogP contribution in [0, 0.1) is 40.4 Å². The average molecular weight is 1580 g/mol. The standard InChI is InChI=1S/C73H123N15O19S2/c1-12-41(4)45-33-44(91)21-17-18-26-77-67(102)53-23-19-27-87(53)70(105)49(36-72(7,8)9)80-65(100)51(39-90)81-63(98)47(22-15-16-25-56(74)75)78-64(99)50(38-89)82-66(101)52(83-69(104)59(42(5)13-2)84-57(93)37-86-29-31-107-32-30-86)40-108-109-73(10,11)46(34-55(45)92)62(97)85-60(43(6)14-3)71(106)88-28-20-24-54(88)68(103)79-48(61(76)96)35-58(94)95/h41-43,45-54,59-60,89-90H,12-40H2,1-11H3,(H3,74,75)(H2,76,96)(H,77,102)(H,78,99)(H,79,103)(H,80,100)(H,81,98)(H,82,101)(H,83,104)(H,84,93)(H,85,97)(H,94,95)/t41-,42-,43-,45-,46+,47-,48-,49-,50-,51-,52-,53-,54-,59-,60-/m0/s1. The molecule has 4 rings (SSSR count). The Hall–Kier alpha value is -7.54. The minimum absolute atomic E-state index is 0.00213. The summed E-state index contributed by atoms with van der Waals surface area (Å²) in [5.41, 5.74) is 10.5. The summed E-state index contributed by atoms with van der Waals surface area (Å²) in [6, 6.07) is -14.4. The Morgan fingerprint density at radius 3 is 1.89 bits per heavy atom. The summed E-state index contributed by atoms with van der Waals surface area (Å²) in [6.45, 7) is 19.1. The van der Waals surface area contributed by atoms with Crippen LogP contribution in [0.3, 0.4) is 0 Å². The number of morpholine rings is 1. The normalized spacial score (nSPS) is 25.8. The van der Waals surface area contributed by atoms with E-state index < -0.39 is 215 Å². The molecule has 17 N–H and O–H groups in total. The summed E-state index contributed by atoms with van der Waals surface area (Å²) in [5, 5.41) is 62.8. The van der Waals surface area contributed by atoms with E-state index in [1.165, 1.54) is 9.80 Å². The Bertz CT molecular complexity index is 3170. The molecule has 4 saturated heterocycles. The van der Waals surface area contributed by atoms with Gasteiger partial charge in [0.25, 0.3) is 0 Å². The number of carboxylic acid groups (broad SMARTS) is 1. The highest BCUT2D eigenvalue weighted by atomic mass is 33.1. The fraction of sp³-hybridized carbons (Fsp3) is 0.781. The van der Waals surface area contributed by atoms with Gasteiger partial charge in [0, 0.05) is 74.8 Å². The number of ether oxygens (including phenoxy) is 1. The van der Waals surface area contributed by atoms with E-state index in [1.807, 2.05) is 32.6 Å². The number of primary amides is 1. The third kappa shape index (κ3) is 30.2. The zero-order chi connectivity index (χ0) is 81.6. The number of ketones is 2. The van der Waals surface area contributed by atoms with Crippen molar-refractivity contribution in [3.8, 4) is 0 Å². The Kier molecular flexibility index (Phi) is 39.3. The first-order valence-electron chi connectivity index (χ1n) is 38.3. The number of nitrogens with two attached hydrogens (primary N) is 2. The molecule has 0 saturated carbocycles. The molecule has 12 amide bonds. The molecule has 109 heavy (non-hydrogen) atoms. The number of likely N-dealkylation sites (tertiary alicyclic amines) is 1. The summed E-state index contributed by atoms with van der Waals surface area (Å²) < 4.78 is 4.05. The molecule has 0 aromatic carbocycles. The summed E-state index contributed by atoms with van der Waals surface area (Å²) in [7, 11) is 1.95. The maximum Gasteiger partial charge on any atom is 0.305 e. The number of aliphatic carboxylic acids is 1. The van der Waals surface area contributed by atoms with Crippen LogP contribution in [0.4, 0.5) is 0 Å². The second-order valence-corrected chi connectivity index (χ2v) is 34.0. The minimum atomic E-state index is -1.88. The molecule has 0 radical (unpaired) electrons. The Balaban J connectivity index is 1.89. The van der Waals surface area contributed by atoms with Gasteiger partial charge in [0.05, 0.1) is 51.1 Å². The van der Waals surface area contributed by atoms with Crippen molar-refractivity contribution >= 4 is 116 Å². The highest BCUT2D eigenvalue weighted by Gasteiger charge is 2.46. The van der Waals surface area contributed by atoms with E-state index in [1.54, 1.807) is 48.5 Å². The SMILES string of the molecule is CC[C@H](C)[C@@H]1CC(=O)CCCCNC(=O)[C@@H]2CCCN2C(=O)[C@H](CC(C)(C)C)NC(=O)[C@H](CO)NC(=O)[C@H](CCCCC(=N)N)NC(=O)[C@H](CO)NC(=O)[C@@H](NC(=O)[C@@H](NC(=O)CN2CCOCC2)[C@@H](C)CC)CSSC(C)(C)[C@@H](C(=O)N[C@H](C(=O)N2CCC[C@H]2C(=O)N[C@@H](CC(=O)O)C(N)=O)[C@@H](C)CC)CC1=O. The topological polar surface area (TPSA) is 520 Å². The third-order valence-electron chi connectivity index (χ3n) is 20.7.